The molecule has 2 rings (SSSR count). The van der Waals surface area contributed by atoms with Crippen LogP contribution in [0.2, 0.25) is 10.0 Å². The van der Waals surface area contributed by atoms with Gasteiger partial charge in [-0.3, -0.25) is 4.98 Å². The smallest absolute Gasteiger partial charge is 0.408 e. The quantitative estimate of drug-likeness (QED) is 0.816. The van der Waals surface area contributed by atoms with Gasteiger partial charge in [0.1, 0.15) is 10.4 Å². The number of aromatic amines is 1. The van der Waals surface area contributed by atoms with Gasteiger partial charge in [0.2, 0.25) is 10.0 Å². The SMILES string of the molecule is NS(=O)(=O)c1c(Cl)cc2oc(=O)[nH]c2c1Cl. The Kier molecular flexibility index (Phi) is 2.50. The number of sulfonamides is 1. The highest BCUT2D eigenvalue weighted by atomic mass is 35.5. The van der Waals surface area contributed by atoms with Gasteiger partial charge in [0.25, 0.3) is 0 Å². The van der Waals surface area contributed by atoms with Crippen molar-refractivity contribution in [1.29, 1.82) is 0 Å². The fraction of sp³-hybridized carbons (Fsp3) is 0. The lowest BCUT2D eigenvalue weighted by Crippen LogP contribution is -2.13. The van der Waals surface area contributed by atoms with Crippen LogP contribution >= 0.6 is 23.2 Å². The van der Waals surface area contributed by atoms with Gasteiger partial charge < -0.3 is 4.42 Å². The van der Waals surface area contributed by atoms with Crippen molar-refractivity contribution >= 4 is 44.3 Å². The summed E-state index contributed by atoms with van der Waals surface area (Å²) in [6.45, 7) is 0. The second-order valence-corrected chi connectivity index (χ2v) is 5.22. The molecule has 3 N–H and O–H groups in total. The van der Waals surface area contributed by atoms with Crippen LogP contribution in [0.5, 0.6) is 0 Å². The zero-order valence-electron chi connectivity index (χ0n) is 7.45. The van der Waals surface area contributed by atoms with E-state index in [1.54, 1.807) is 0 Å². The number of benzene rings is 1. The lowest BCUT2D eigenvalue weighted by Gasteiger charge is -2.03. The highest BCUT2D eigenvalue weighted by Crippen LogP contribution is 2.34. The number of rotatable bonds is 1. The highest BCUT2D eigenvalue weighted by molar-refractivity contribution is 7.89. The molecule has 9 heteroatoms. The second kappa shape index (κ2) is 3.49. The Balaban J connectivity index is 3.02. The van der Waals surface area contributed by atoms with E-state index < -0.39 is 20.7 Å². The van der Waals surface area contributed by atoms with Gasteiger partial charge in [-0.05, 0) is 0 Å². The van der Waals surface area contributed by atoms with Crippen molar-refractivity contribution in [2.45, 2.75) is 4.90 Å². The molecule has 0 amide bonds. The van der Waals surface area contributed by atoms with Crippen LogP contribution in [0.3, 0.4) is 0 Å². The molecule has 0 saturated carbocycles. The van der Waals surface area contributed by atoms with E-state index >= 15 is 0 Å². The molecule has 0 aliphatic carbocycles. The van der Waals surface area contributed by atoms with Crippen molar-refractivity contribution in [2.75, 3.05) is 0 Å². The first-order valence-corrected chi connectivity index (χ1v) is 6.14. The van der Waals surface area contributed by atoms with E-state index in [2.05, 4.69) is 9.40 Å². The molecule has 2 aromatic rings. The number of hydrogen-bond donors (Lipinski definition) is 2. The molecule has 1 heterocycles. The summed E-state index contributed by atoms with van der Waals surface area (Å²) in [7, 11) is -4.07. The predicted molar refractivity (Wildman–Crippen MR) is 58.2 cm³/mol. The van der Waals surface area contributed by atoms with Crippen molar-refractivity contribution in [2.24, 2.45) is 5.14 Å². The first-order valence-electron chi connectivity index (χ1n) is 3.84. The molecule has 0 aliphatic rings. The molecule has 86 valence electrons. The Hall–Kier alpha value is -1.02. The average molecular weight is 283 g/mol. The molecule has 0 aliphatic heterocycles. The van der Waals surface area contributed by atoms with Crippen molar-refractivity contribution in [1.82, 2.24) is 4.98 Å². The maximum atomic E-state index is 11.2. The van der Waals surface area contributed by atoms with Crippen molar-refractivity contribution < 1.29 is 12.8 Å². The van der Waals surface area contributed by atoms with Crippen LogP contribution in [0, 0.1) is 0 Å². The van der Waals surface area contributed by atoms with Crippen LogP contribution in [0.4, 0.5) is 0 Å². The van der Waals surface area contributed by atoms with Gasteiger partial charge in [0, 0.05) is 6.07 Å². The summed E-state index contributed by atoms with van der Waals surface area (Å²) in [5.74, 6) is -0.764. The van der Waals surface area contributed by atoms with Gasteiger partial charge in [-0.2, -0.15) is 0 Å². The summed E-state index contributed by atoms with van der Waals surface area (Å²) in [4.78, 5) is 12.7. The van der Waals surface area contributed by atoms with Crippen molar-refractivity contribution in [3.63, 3.8) is 0 Å². The largest absolute Gasteiger partial charge is 0.417 e. The monoisotopic (exact) mass is 282 g/mol. The molecule has 0 fully saturated rings. The van der Waals surface area contributed by atoms with E-state index in [9.17, 15) is 13.2 Å². The van der Waals surface area contributed by atoms with Crippen LogP contribution < -0.4 is 10.9 Å². The zero-order chi connectivity index (χ0) is 12.1. The minimum absolute atomic E-state index is 0.0418. The minimum Gasteiger partial charge on any atom is -0.408 e. The van der Waals surface area contributed by atoms with Crippen LogP contribution in [0.25, 0.3) is 11.1 Å². The van der Waals surface area contributed by atoms with Gasteiger partial charge in [0.05, 0.1) is 10.0 Å². The number of H-pyrrole nitrogens is 1. The maximum Gasteiger partial charge on any atom is 0.417 e. The Morgan fingerprint density at radius 1 is 1.38 bits per heavy atom. The number of oxazole rings is 1. The van der Waals surface area contributed by atoms with E-state index in [1.165, 1.54) is 0 Å². The third-order valence-corrected chi connectivity index (χ3v) is 3.75. The molecular formula is C7H4Cl2N2O4S. The standard InChI is InChI=1S/C7H4Cl2N2O4S/c8-2-1-3-5(11-7(12)15-3)4(9)6(2)16(10,13)14/h1H,(H,11,12)(H2,10,13,14). The Labute approximate surface area is 99.0 Å². The Bertz CT molecular complexity index is 731. The molecule has 0 bridgehead atoms. The number of fused-ring (bicyclic) bond motifs is 1. The number of nitrogens with two attached hydrogens (primary N) is 1. The van der Waals surface area contributed by atoms with Gasteiger partial charge in [-0.1, -0.05) is 23.2 Å². The Morgan fingerprint density at radius 3 is 2.56 bits per heavy atom. The maximum absolute atomic E-state index is 11.2. The molecule has 1 aromatic carbocycles. The lowest BCUT2D eigenvalue weighted by molar-refractivity contribution is 0.555. The molecular weight excluding hydrogens is 279 g/mol. The molecule has 0 spiro atoms. The van der Waals surface area contributed by atoms with E-state index in [0.29, 0.717) is 0 Å². The number of primary sulfonamides is 1. The minimum atomic E-state index is -4.07. The first-order chi connectivity index (χ1) is 7.30. The topological polar surface area (TPSA) is 106 Å². The lowest BCUT2D eigenvalue weighted by atomic mass is 10.3. The summed E-state index contributed by atoms with van der Waals surface area (Å²) in [5.41, 5.74) is 0.104. The average Bonchev–Trinajstić information content (AvgIpc) is 2.43. The molecule has 0 unspecified atom stereocenters. The normalized spacial score (nSPS) is 12.2. The van der Waals surface area contributed by atoms with Gasteiger partial charge >= 0.3 is 5.76 Å². The van der Waals surface area contributed by atoms with E-state index in [4.69, 9.17) is 28.3 Å². The summed E-state index contributed by atoms with van der Waals surface area (Å²) in [5, 5.41) is 4.46. The first kappa shape index (κ1) is 11.5. The van der Waals surface area contributed by atoms with Crippen molar-refractivity contribution in [3.8, 4) is 0 Å². The Morgan fingerprint density at radius 2 is 2.00 bits per heavy atom. The van der Waals surface area contributed by atoms with Crippen LogP contribution in [0.15, 0.2) is 20.2 Å². The second-order valence-electron chi connectivity index (χ2n) is 2.93. The van der Waals surface area contributed by atoms with E-state index in [-0.39, 0.29) is 21.1 Å². The van der Waals surface area contributed by atoms with Crippen molar-refractivity contribution in [3.05, 3.63) is 26.7 Å². The van der Waals surface area contributed by atoms with Gasteiger partial charge in [0.15, 0.2) is 5.58 Å². The van der Waals surface area contributed by atoms with Crippen LogP contribution in [-0.2, 0) is 10.0 Å². The molecule has 16 heavy (non-hydrogen) atoms. The van der Waals surface area contributed by atoms with E-state index in [1.807, 2.05) is 0 Å². The number of nitrogens with one attached hydrogen (secondary N) is 1. The van der Waals surface area contributed by atoms with Crippen LogP contribution in [-0.4, -0.2) is 13.4 Å². The zero-order valence-corrected chi connectivity index (χ0v) is 9.78. The van der Waals surface area contributed by atoms with Crippen LogP contribution in [0.1, 0.15) is 0 Å². The number of hydrogen-bond acceptors (Lipinski definition) is 4. The molecule has 0 atom stereocenters. The van der Waals surface area contributed by atoms with E-state index in [0.717, 1.165) is 6.07 Å². The molecule has 0 saturated heterocycles. The molecule has 0 radical (unpaired) electrons. The highest BCUT2D eigenvalue weighted by Gasteiger charge is 2.22. The third kappa shape index (κ3) is 1.71. The molecule has 6 nitrogen and oxygen atoms in total. The number of halogens is 2. The predicted octanol–water partition coefficient (Wildman–Crippen LogP) is 1.08. The third-order valence-electron chi connectivity index (χ3n) is 1.85. The summed E-state index contributed by atoms with van der Waals surface area (Å²) in [6.07, 6.45) is 0. The number of aromatic nitrogens is 1. The fourth-order valence-electron chi connectivity index (χ4n) is 1.26. The fourth-order valence-corrected chi connectivity index (χ4v) is 3.08. The summed E-state index contributed by atoms with van der Waals surface area (Å²) < 4.78 is 27.1. The van der Waals surface area contributed by atoms with Gasteiger partial charge in [-0.25, -0.2) is 18.4 Å². The summed E-state index contributed by atoms with van der Waals surface area (Å²) in [6, 6.07) is 1.15. The molecule has 1 aromatic heterocycles. The summed E-state index contributed by atoms with van der Waals surface area (Å²) >= 11 is 11.5. The van der Waals surface area contributed by atoms with Gasteiger partial charge in [-0.15, -0.1) is 0 Å².